The van der Waals surface area contributed by atoms with Crippen LogP contribution in [-0.2, 0) is 4.79 Å². The number of hydrogen-bond donors (Lipinski definition) is 2. The molecule has 2 aliphatic carbocycles. The van der Waals surface area contributed by atoms with Crippen molar-refractivity contribution in [2.45, 2.75) is 32.6 Å². The van der Waals surface area contributed by atoms with Crippen LogP contribution >= 0.6 is 31.9 Å². The van der Waals surface area contributed by atoms with E-state index in [9.17, 15) is 9.90 Å². The maximum absolute atomic E-state index is 12.3. The highest BCUT2D eigenvalue weighted by Gasteiger charge is 2.64. The first kappa shape index (κ1) is 16.0. The summed E-state index contributed by atoms with van der Waals surface area (Å²) >= 11 is 6.63. The van der Waals surface area contributed by atoms with Crippen LogP contribution in [0.1, 0.15) is 38.2 Å². The second kappa shape index (κ2) is 5.96. The number of carbonyl (C=O) groups is 1. The number of benzene rings is 1. The number of amides is 1. The fourth-order valence-corrected chi connectivity index (χ4v) is 5.03. The van der Waals surface area contributed by atoms with Gasteiger partial charge in [-0.25, -0.2) is 5.43 Å². The topological polar surface area (TPSA) is 61.7 Å². The van der Waals surface area contributed by atoms with Gasteiger partial charge in [0, 0.05) is 16.0 Å². The first-order valence-corrected chi connectivity index (χ1v) is 9.03. The molecule has 0 radical (unpaired) electrons. The van der Waals surface area contributed by atoms with Gasteiger partial charge in [-0.2, -0.15) is 5.10 Å². The molecule has 2 aliphatic rings. The Bertz CT molecular complexity index is 647. The molecule has 118 valence electrons. The van der Waals surface area contributed by atoms with Gasteiger partial charge in [0.25, 0.3) is 0 Å². The monoisotopic (exact) mass is 428 g/mol. The van der Waals surface area contributed by atoms with Crippen molar-refractivity contribution in [2.24, 2.45) is 22.4 Å². The molecule has 0 heterocycles. The van der Waals surface area contributed by atoms with E-state index in [1.807, 2.05) is 0 Å². The Hall–Kier alpha value is -0.880. The van der Waals surface area contributed by atoms with E-state index in [0.29, 0.717) is 16.0 Å². The summed E-state index contributed by atoms with van der Waals surface area (Å²) in [5.74, 6) is 0.715. The molecule has 0 unspecified atom stereocenters. The molecule has 2 saturated carbocycles. The van der Waals surface area contributed by atoms with Gasteiger partial charge in [-0.1, -0.05) is 35.7 Å². The van der Waals surface area contributed by atoms with E-state index in [-0.39, 0.29) is 23.0 Å². The van der Waals surface area contributed by atoms with Crippen molar-refractivity contribution in [1.29, 1.82) is 0 Å². The third kappa shape index (κ3) is 2.83. The number of phenols is 1. The molecule has 1 aromatic rings. The molecule has 3 rings (SSSR count). The molecule has 3 atom stereocenters. The van der Waals surface area contributed by atoms with E-state index < -0.39 is 0 Å². The normalized spacial score (nSPS) is 30.1. The van der Waals surface area contributed by atoms with Gasteiger partial charge in [0.05, 0.1) is 10.7 Å². The zero-order valence-corrected chi connectivity index (χ0v) is 15.4. The van der Waals surface area contributed by atoms with Crippen LogP contribution < -0.4 is 5.43 Å². The van der Waals surface area contributed by atoms with Crippen molar-refractivity contribution in [3.8, 4) is 5.75 Å². The average Bonchev–Trinajstić information content (AvgIpc) is 3.09. The minimum atomic E-state index is -0.000739. The molecular formula is C16H18Br2N2O2. The van der Waals surface area contributed by atoms with Gasteiger partial charge in [-0.15, -0.1) is 0 Å². The van der Waals surface area contributed by atoms with E-state index in [2.05, 4.69) is 49.3 Å². The number of halogens is 2. The highest BCUT2D eigenvalue weighted by Crippen LogP contribution is 2.66. The number of hydrogen-bond acceptors (Lipinski definition) is 3. The molecule has 2 N–H and O–H groups in total. The van der Waals surface area contributed by atoms with Gasteiger partial charge in [0.1, 0.15) is 5.75 Å². The first-order chi connectivity index (χ1) is 10.4. The van der Waals surface area contributed by atoms with Gasteiger partial charge >= 0.3 is 0 Å². The summed E-state index contributed by atoms with van der Waals surface area (Å²) in [6, 6.07) is 3.49. The predicted octanol–water partition coefficient (Wildman–Crippen LogP) is 4.19. The number of nitrogens with one attached hydrogen (secondary N) is 1. The van der Waals surface area contributed by atoms with Crippen LogP contribution in [0.25, 0.3) is 0 Å². The fraction of sp³-hybridized carbons (Fsp3) is 0.500. The number of carbonyl (C=O) groups excluding carboxylic acids is 1. The van der Waals surface area contributed by atoms with Crippen LogP contribution in [0.4, 0.5) is 0 Å². The second-order valence-electron chi connectivity index (χ2n) is 6.40. The number of phenolic OH excluding ortho intramolecular Hbond substituents is 1. The summed E-state index contributed by atoms with van der Waals surface area (Å²) in [6.45, 7) is 2.21. The Morgan fingerprint density at radius 2 is 2.23 bits per heavy atom. The van der Waals surface area contributed by atoms with Gasteiger partial charge < -0.3 is 5.11 Å². The molecule has 1 aromatic carbocycles. The highest BCUT2D eigenvalue weighted by molar-refractivity contribution is 9.11. The summed E-state index contributed by atoms with van der Waals surface area (Å²) in [5.41, 5.74) is 3.35. The zero-order valence-electron chi connectivity index (χ0n) is 12.3. The van der Waals surface area contributed by atoms with Crippen LogP contribution in [-0.4, -0.2) is 17.2 Å². The third-order valence-electron chi connectivity index (χ3n) is 5.05. The summed E-state index contributed by atoms with van der Waals surface area (Å²) in [6.07, 6.45) is 6.21. The Kier molecular flexibility index (Phi) is 4.34. The van der Waals surface area contributed by atoms with Crippen molar-refractivity contribution in [2.75, 3.05) is 0 Å². The van der Waals surface area contributed by atoms with Crippen LogP contribution in [0.2, 0.25) is 0 Å². The predicted molar refractivity (Wildman–Crippen MR) is 92.8 cm³/mol. The number of rotatable bonds is 3. The largest absolute Gasteiger partial charge is 0.506 e. The molecule has 0 bridgehead atoms. The van der Waals surface area contributed by atoms with Crippen molar-refractivity contribution < 1.29 is 9.90 Å². The first-order valence-electron chi connectivity index (χ1n) is 7.44. The molecule has 2 fully saturated rings. The molecule has 0 aromatic heterocycles. The van der Waals surface area contributed by atoms with Crippen molar-refractivity contribution >= 4 is 44.0 Å². The fourth-order valence-electron chi connectivity index (χ4n) is 3.77. The number of fused-ring (bicyclic) bond motifs is 1. The number of hydrazone groups is 1. The summed E-state index contributed by atoms with van der Waals surface area (Å²) in [7, 11) is 0. The molecule has 0 spiro atoms. The number of nitrogens with zero attached hydrogens (tertiary/aromatic N) is 1. The summed E-state index contributed by atoms with van der Waals surface area (Å²) < 4.78 is 1.40. The molecule has 4 nitrogen and oxygen atoms in total. The van der Waals surface area contributed by atoms with Crippen molar-refractivity contribution in [3.63, 3.8) is 0 Å². The van der Waals surface area contributed by atoms with Crippen LogP contribution in [0.3, 0.4) is 0 Å². The maximum Gasteiger partial charge on any atom is 0.244 e. The van der Waals surface area contributed by atoms with Crippen molar-refractivity contribution in [3.05, 3.63) is 26.6 Å². The van der Waals surface area contributed by atoms with Crippen LogP contribution in [0.15, 0.2) is 26.2 Å². The molecular weight excluding hydrogens is 412 g/mol. The molecule has 22 heavy (non-hydrogen) atoms. The lowest BCUT2D eigenvalue weighted by atomic mass is 9.90. The Morgan fingerprint density at radius 3 is 2.91 bits per heavy atom. The quantitative estimate of drug-likeness (QED) is 0.558. The Labute approximate surface area is 146 Å². The second-order valence-corrected chi connectivity index (χ2v) is 8.17. The van der Waals surface area contributed by atoms with Gasteiger partial charge in [0.15, 0.2) is 0 Å². The molecule has 1 amide bonds. The molecule has 6 heteroatoms. The smallest absolute Gasteiger partial charge is 0.244 e. The van der Waals surface area contributed by atoms with Crippen LogP contribution in [0, 0.1) is 17.3 Å². The third-order valence-corrected chi connectivity index (χ3v) is 6.11. The Balaban J connectivity index is 1.65. The van der Waals surface area contributed by atoms with Crippen LogP contribution in [0.5, 0.6) is 5.75 Å². The lowest BCUT2D eigenvalue weighted by molar-refractivity contribution is -0.123. The minimum absolute atomic E-state index is 0.000739. The van der Waals surface area contributed by atoms with Gasteiger partial charge in [-0.3, -0.25) is 4.79 Å². The standard InChI is InChI=1S/C16H18Br2N2O2/c1-16-5-3-2-4-11(16)13(16)15(22)20-19-8-9-6-10(17)7-12(18)14(9)21/h6-8,11,13,21H,2-5H2,1H3,(H,20,22)/b19-8-/t11-,13-,16+/m1/s1. The van der Waals surface area contributed by atoms with E-state index in [1.54, 1.807) is 12.1 Å². The lowest BCUT2D eigenvalue weighted by Crippen LogP contribution is -2.22. The lowest BCUT2D eigenvalue weighted by Gasteiger charge is -2.15. The minimum Gasteiger partial charge on any atom is -0.506 e. The molecule has 0 saturated heterocycles. The van der Waals surface area contributed by atoms with Gasteiger partial charge in [0.2, 0.25) is 5.91 Å². The summed E-state index contributed by atoms with van der Waals surface area (Å²) in [4.78, 5) is 12.3. The molecule has 0 aliphatic heterocycles. The van der Waals surface area contributed by atoms with E-state index >= 15 is 0 Å². The van der Waals surface area contributed by atoms with E-state index in [0.717, 1.165) is 17.3 Å². The van der Waals surface area contributed by atoms with E-state index in [4.69, 9.17) is 0 Å². The summed E-state index contributed by atoms with van der Waals surface area (Å²) in [5, 5.41) is 14.0. The van der Waals surface area contributed by atoms with Gasteiger partial charge in [-0.05, 0) is 52.2 Å². The maximum atomic E-state index is 12.3. The number of aromatic hydroxyl groups is 1. The van der Waals surface area contributed by atoms with Crippen molar-refractivity contribution in [1.82, 2.24) is 5.43 Å². The average molecular weight is 430 g/mol. The highest BCUT2D eigenvalue weighted by atomic mass is 79.9. The Morgan fingerprint density at radius 1 is 1.45 bits per heavy atom. The zero-order chi connectivity index (χ0) is 15.9. The SMILES string of the molecule is C[C@]12CCCC[C@@H]1[C@@H]2C(=O)N/N=C\c1cc(Br)cc(Br)c1O. The van der Waals surface area contributed by atoms with E-state index in [1.165, 1.54) is 19.1 Å².